The van der Waals surface area contributed by atoms with E-state index in [4.69, 9.17) is 5.10 Å². The Morgan fingerprint density at radius 2 is 1.77 bits per heavy atom. The molecule has 4 nitrogen and oxygen atoms in total. The summed E-state index contributed by atoms with van der Waals surface area (Å²) in [5.41, 5.74) is 3.96. The van der Waals surface area contributed by atoms with Crippen molar-refractivity contribution >= 4 is 21.8 Å². The minimum absolute atomic E-state index is 0.149. The summed E-state index contributed by atoms with van der Waals surface area (Å²) in [5, 5.41) is 7.76. The Kier molecular flexibility index (Phi) is 4.15. The second kappa shape index (κ2) is 6.36. The van der Waals surface area contributed by atoms with E-state index in [-0.39, 0.29) is 23.7 Å². The van der Waals surface area contributed by atoms with E-state index in [2.05, 4.69) is 35.1 Å². The van der Waals surface area contributed by atoms with E-state index < -0.39 is 0 Å². The fraction of sp³-hybridized carbons (Fsp3) is 0.200. The predicted octanol–water partition coefficient (Wildman–Crippen LogP) is 4.73. The summed E-state index contributed by atoms with van der Waals surface area (Å²) in [7, 11) is 0. The van der Waals surface area contributed by atoms with E-state index in [9.17, 15) is 9.18 Å². The van der Waals surface area contributed by atoms with Crippen molar-refractivity contribution in [2.24, 2.45) is 0 Å². The van der Waals surface area contributed by atoms with Gasteiger partial charge in [-0.25, -0.2) is 9.07 Å². The van der Waals surface area contributed by atoms with Crippen LogP contribution in [-0.4, -0.2) is 15.7 Å². The van der Waals surface area contributed by atoms with Gasteiger partial charge in [-0.1, -0.05) is 41.9 Å². The molecule has 0 saturated heterocycles. The quantitative estimate of drug-likeness (QED) is 0.674. The molecule has 0 spiro atoms. The van der Waals surface area contributed by atoms with Gasteiger partial charge in [-0.3, -0.25) is 4.79 Å². The molecule has 2 heterocycles. The number of halogens is 2. The maximum Gasteiger partial charge on any atom is 0.271 e. The number of hydrogen-bond acceptors (Lipinski definition) is 2. The fourth-order valence-electron chi connectivity index (χ4n) is 3.32. The summed E-state index contributed by atoms with van der Waals surface area (Å²) >= 11 is 3.44. The number of nitrogens with zero attached hydrogens (tertiary/aromatic N) is 2. The van der Waals surface area contributed by atoms with Crippen molar-refractivity contribution in [3.05, 3.63) is 81.3 Å². The third-order valence-electron chi connectivity index (χ3n) is 4.55. The number of fused-ring (bicyclic) bond motifs is 1. The number of hydrogen-bond donors (Lipinski definition) is 1. The van der Waals surface area contributed by atoms with Crippen LogP contribution in [-0.2, 0) is 0 Å². The molecule has 4 rings (SSSR count). The van der Waals surface area contributed by atoms with Gasteiger partial charge in [0, 0.05) is 10.0 Å². The molecule has 1 aliphatic rings. The third-order valence-corrected chi connectivity index (χ3v) is 5.08. The highest BCUT2D eigenvalue weighted by molar-refractivity contribution is 9.10. The van der Waals surface area contributed by atoms with Gasteiger partial charge in [0.15, 0.2) is 0 Å². The number of carbonyl (C=O) groups excluding carboxylic acids is 1. The summed E-state index contributed by atoms with van der Waals surface area (Å²) in [6.07, 6.45) is 0. The Bertz CT molecular complexity index is 978. The van der Waals surface area contributed by atoms with E-state index in [1.165, 1.54) is 12.1 Å². The van der Waals surface area contributed by atoms with Gasteiger partial charge in [-0.05, 0) is 47.9 Å². The molecule has 1 amide bonds. The second-order valence-corrected chi connectivity index (χ2v) is 7.56. The highest BCUT2D eigenvalue weighted by atomic mass is 79.9. The molecule has 1 unspecified atom stereocenters. The molecule has 1 N–H and O–H groups in total. The molecule has 6 heteroatoms. The average Bonchev–Trinajstić information content (AvgIpc) is 3.16. The van der Waals surface area contributed by atoms with Crippen LogP contribution in [0.4, 0.5) is 4.39 Å². The first kappa shape index (κ1) is 17.0. The molecule has 3 aromatic rings. The van der Waals surface area contributed by atoms with Crippen molar-refractivity contribution in [3.63, 3.8) is 0 Å². The summed E-state index contributed by atoms with van der Waals surface area (Å²) in [6, 6.07) is 13.7. The van der Waals surface area contributed by atoms with Gasteiger partial charge in [-0.15, -0.1) is 0 Å². The van der Waals surface area contributed by atoms with Crippen LogP contribution in [0.2, 0.25) is 0 Å². The minimum atomic E-state index is -0.321. The molecule has 0 aliphatic carbocycles. The van der Waals surface area contributed by atoms with Crippen molar-refractivity contribution in [2.75, 3.05) is 0 Å². The summed E-state index contributed by atoms with van der Waals surface area (Å²) in [4.78, 5) is 12.8. The zero-order chi connectivity index (χ0) is 18.4. The molecule has 0 radical (unpaired) electrons. The lowest BCUT2D eigenvalue weighted by Gasteiger charge is -2.14. The Morgan fingerprint density at radius 1 is 1.12 bits per heavy atom. The SMILES string of the molecule is CC(C)c1nn(-c2ccc(F)cc2)c2c1C(c1ccc(Br)cc1)NC2=O. The molecular formula is C20H17BrFN3O. The van der Waals surface area contributed by atoms with Crippen molar-refractivity contribution in [1.29, 1.82) is 0 Å². The van der Waals surface area contributed by atoms with Crippen molar-refractivity contribution < 1.29 is 9.18 Å². The van der Waals surface area contributed by atoms with Crippen LogP contribution in [0.1, 0.15) is 53.1 Å². The van der Waals surface area contributed by atoms with Crippen LogP contribution >= 0.6 is 15.9 Å². The van der Waals surface area contributed by atoms with E-state index in [1.54, 1.807) is 16.8 Å². The summed E-state index contributed by atoms with van der Waals surface area (Å²) in [5.74, 6) is -0.341. The molecule has 1 atom stereocenters. The Hall–Kier alpha value is -2.47. The molecular weight excluding hydrogens is 397 g/mol. The number of nitrogens with one attached hydrogen (secondary N) is 1. The highest BCUT2D eigenvalue weighted by Crippen LogP contribution is 2.37. The average molecular weight is 414 g/mol. The van der Waals surface area contributed by atoms with Crippen LogP contribution in [0.25, 0.3) is 5.69 Å². The van der Waals surface area contributed by atoms with Crippen LogP contribution in [0, 0.1) is 5.82 Å². The van der Waals surface area contributed by atoms with Crippen LogP contribution in [0.3, 0.4) is 0 Å². The lowest BCUT2D eigenvalue weighted by Crippen LogP contribution is -2.23. The third kappa shape index (κ3) is 2.74. The Morgan fingerprint density at radius 3 is 2.38 bits per heavy atom. The molecule has 1 aliphatic heterocycles. The van der Waals surface area contributed by atoms with Gasteiger partial charge in [0.1, 0.15) is 11.5 Å². The van der Waals surface area contributed by atoms with Crippen LogP contribution in [0.15, 0.2) is 53.0 Å². The number of benzene rings is 2. The molecule has 1 aromatic heterocycles. The minimum Gasteiger partial charge on any atom is -0.340 e. The predicted molar refractivity (Wildman–Crippen MR) is 101 cm³/mol. The topological polar surface area (TPSA) is 46.9 Å². The highest BCUT2D eigenvalue weighted by Gasteiger charge is 2.38. The zero-order valence-corrected chi connectivity index (χ0v) is 15.9. The van der Waals surface area contributed by atoms with Gasteiger partial charge >= 0.3 is 0 Å². The first-order valence-electron chi connectivity index (χ1n) is 8.41. The smallest absolute Gasteiger partial charge is 0.271 e. The standard InChI is InChI=1S/C20H17BrFN3O/c1-11(2)17-16-18(12-3-5-13(21)6-4-12)23-20(26)19(16)25(24-17)15-9-7-14(22)8-10-15/h3-11,18H,1-2H3,(H,23,26). The van der Waals surface area contributed by atoms with E-state index in [1.807, 2.05) is 24.3 Å². The Balaban J connectivity index is 1.90. The Labute approximate surface area is 159 Å². The molecule has 0 saturated carbocycles. The van der Waals surface area contributed by atoms with Crippen molar-refractivity contribution in [3.8, 4) is 5.69 Å². The number of aromatic nitrogens is 2. The van der Waals surface area contributed by atoms with Gasteiger partial charge in [0.25, 0.3) is 5.91 Å². The zero-order valence-electron chi connectivity index (χ0n) is 14.3. The summed E-state index contributed by atoms with van der Waals surface area (Å²) in [6.45, 7) is 4.11. The first-order valence-corrected chi connectivity index (χ1v) is 9.20. The lowest BCUT2D eigenvalue weighted by molar-refractivity contribution is 0.0953. The largest absolute Gasteiger partial charge is 0.340 e. The van der Waals surface area contributed by atoms with Gasteiger partial charge in [0.05, 0.1) is 17.4 Å². The second-order valence-electron chi connectivity index (χ2n) is 6.65. The number of rotatable bonds is 3. The molecule has 0 bridgehead atoms. The van der Waals surface area contributed by atoms with Crippen molar-refractivity contribution in [1.82, 2.24) is 15.1 Å². The lowest BCUT2D eigenvalue weighted by atomic mass is 9.95. The monoisotopic (exact) mass is 413 g/mol. The molecule has 132 valence electrons. The first-order chi connectivity index (χ1) is 12.5. The molecule has 26 heavy (non-hydrogen) atoms. The molecule has 2 aromatic carbocycles. The van der Waals surface area contributed by atoms with Crippen LogP contribution < -0.4 is 5.32 Å². The number of amides is 1. The summed E-state index contributed by atoms with van der Waals surface area (Å²) < 4.78 is 15.9. The maximum atomic E-state index is 13.3. The van der Waals surface area contributed by atoms with Gasteiger partial charge in [0.2, 0.25) is 0 Å². The number of carbonyl (C=O) groups is 1. The van der Waals surface area contributed by atoms with E-state index >= 15 is 0 Å². The van der Waals surface area contributed by atoms with Gasteiger partial charge in [-0.2, -0.15) is 5.10 Å². The fourth-order valence-corrected chi connectivity index (χ4v) is 3.59. The van der Waals surface area contributed by atoms with E-state index in [0.29, 0.717) is 11.4 Å². The van der Waals surface area contributed by atoms with Crippen LogP contribution in [0.5, 0.6) is 0 Å². The van der Waals surface area contributed by atoms with Gasteiger partial charge < -0.3 is 5.32 Å². The normalized spacial score (nSPS) is 16.0. The molecule has 0 fully saturated rings. The van der Waals surface area contributed by atoms with E-state index in [0.717, 1.165) is 21.3 Å². The van der Waals surface area contributed by atoms with Crippen molar-refractivity contribution in [2.45, 2.75) is 25.8 Å². The maximum absolute atomic E-state index is 13.3.